The van der Waals surface area contributed by atoms with E-state index in [1.165, 1.54) is 11.8 Å². The number of nitrogens with zero attached hydrogens (tertiary/aromatic N) is 5. The monoisotopic (exact) mass is 561 g/mol. The van der Waals surface area contributed by atoms with Gasteiger partial charge in [0.05, 0.1) is 26.1 Å². The van der Waals surface area contributed by atoms with Crippen LogP contribution in [0.3, 0.4) is 0 Å². The van der Waals surface area contributed by atoms with E-state index in [0.29, 0.717) is 86.2 Å². The molecule has 204 valence electrons. The van der Waals surface area contributed by atoms with E-state index in [1.54, 1.807) is 37.4 Å². The van der Waals surface area contributed by atoms with E-state index in [9.17, 15) is 9.59 Å². The minimum atomic E-state index is -0.505. The first-order valence-corrected chi connectivity index (χ1v) is 14.2. The van der Waals surface area contributed by atoms with Crippen LogP contribution < -0.4 is 9.64 Å². The van der Waals surface area contributed by atoms with Gasteiger partial charge in [0.25, 0.3) is 5.91 Å². The first kappa shape index (κ1) is 27.0. The van der Waals surface area contributed by atoms with Gasteiger partial charge in [0.1, 0.15) is 16.7 Å². The summed E-state index contributed by atoms with van der Waals surface area (Å²) in [4.78, 5) is 40.7. The lowest BCUT2D eigenvalue weighted by Crippen LogP contribution is -2.54. The predicted octanol–water partition coefficient (Wildman–Crippen LogP) is 2.95. The maximum absolute atomic E-state index is 13.1. The Morgan fingerprint density at radius 1 is 1.11 bits per heavy atom. The van der Waals surface area contributed by atoms with Crippen molar-refractivity contribution in [3.63, 3.8) is 0 Å². The molecular formula is C26H32ClN5O5S. The van der Waals surface area contributed by atoms with Crippen LogP contribution in [-0.4, -0.2) is 102 Å². The highest BCUT2D eigenvalue weighted by Gasteiger charge is 2.40. The Labute approximate surface area is 231 Å². The van der Waals surface area contributed by atoms with Crippen LogP contribution in [0.15, 0.2) is 35.5 Å². The number of rotatable bonds is 6. The Balaban J connectivity index is 1.16. The zero-order valence-corrected chi connectivity index (χ0v) is 23.2. The van der Waals surface area contributed by atoms with Crippen LogP contribution in [-0.2, 0) is 14.3 Å². The highest BCUT2D eigenvalue weighted by Crippen LogP contribution is 2.32. The number of ether oxygens (including phenoxy) is 3. The Bertz CT molecular complexity index is 1150. The fourth-order valence-corrected chi connectivity index (χ4v) is 6.06. The SMILES string of the molecule is COc1ccc(C(=O)N2CCN(c3cc(Cl)nc(SCC(=O)N4CCC5(CC4)OCCO5)n3)CC2C)cc1. The van der Waals surface area contributed by atoms with Crippen LogP contribution >= 0.6 is 23.4 Å². The zero-order valence-electron chi connectivity index (χ0n) is 21.6. The lowest BCUT2D eigenvalue weighted by molar-refractivity contribution is -0.186. The van der Waals surface area contributed by atoms with Crippen molar-refractivity contribution in [2.45, 2.75) is 36.8 Å². The quantitative estimate of drug-likeness (QED) is 0.299. The van der Waals surface area contributed by atoms with Gasteiger partial charge in [-0.05, 0) is 31.2 Å². The molecule has 1 spiro atoms. The third-order valence-corrected chi connectivity index (χ3v) is 8.25. The summed E-state index contributed by atoms with van der Waals surface area (Å²) in [5.41, 5.74) is 0.631. The van der Waals surface area contributed by atoms with Crippen molar-refractivity contribution >= 4 is 41.0 Å². The summed E-state index contributed by atoms with van der Waals surface area (Å²) in [5, 5.41) is 0.783. The van der Waals surface area contributed by atoms with Crippen molar-refractivity contribution in [1.29, 1.82) is 0 Å². The summed E-state index contributed by atoms with van der Waals surface area (Å²) in [5.74, 6) is 1.16. The molecule has 1 aromatic heterocycles. The summed E-state index contributed by atoms with van der Waals surface area (Å²) in [6.45, 7) is 6.25. The number of methoxy groups -OCH3 is 1. The number of likely N-dealkylation sites (tertiary alicyclic amines) is 1. The Morgan fingerprint density at radius 3 is 2.47 bits per heavy atom. The molecule has 5 rings (SSSR count). The van der Waals surface area contributed by atoms with E-state index < -0.39 is 5.79 Å². The van der Waals surface area contributed by atoms with Gasteiger partial charge in [-0.2, -0.15) is 0 Å². The highest BCUT2D eigenvalue weighted by atomic mass is 35.5. The zero-order chi connectivity index (χ0) is 26.7. The van der Waals surface area contributed by atoms with Gasteiger partial charge in [0.2, 0.25) is 5.91 Å². The van der Waals surface area contributed by atoms with E-state index >= 15 is 0 Å². The van der Waals surface area contributed by atoms with Crippen LogP contribution in [0.1, 0.15) is 30.1 Å². The summed E-state index contributed by atoms with van der Waals surface area (Å²) in [6, 6.07) is 8.86. The largest absolute Gasteiger partial charge is 0.497 e. The number of halogens is 1. The molecule has 0 saturated carbocycles. The molecule has 0 radical (unpaired) electrons. The smallest absolute Gasteiger partial charge is 0.254 e. The number of aromatic nitrogens is 2. The van der Waals surface area contributed by atoms with Crippen molar-refractivity contribution in [1.82, 2.24) is 19.8 Å². The molecule has 12 heteroatoms. The molecule has 10 nitrogen and oxygen atoms in total. The minimum absolute atomic E-state index is 0.00929. The Hall–Kier alpha value is -2.60. The van der Waals surface area contributed by atoms with E-state index in [-0.39, 0.29) is 23.6 Å². The fourth-order valence-electron chi connectivity index (χ4n) is 5.08. The average molecular weight is 562 g/mol. The molecule has 2 aromatic rings. The van der Waals surface area contributed by atoms with Gasteiger partial charge in [-0.3, -0.25) is 9.59 Å². The molecule has 3 saturated heterocycles. The average Bonchev–Trinajstić information content (AvgIpc) is 3.39. The molecule has 0 N–H and O–H groups in total. The van der Waals surface area contributed by atoms with Crippen LogP contribution in [0.5, 0.6) is 5.75 Å². The van der Waals surface area contributed by atoms with Crippen LogP contribution in [0.2, 0.25) is 5.15 Å². The van der Waals surface area contributed by atoms with Crippen LogP contribution in [0.25, 0.3) is 0 Å². The summed E-state index contributed by atoms with van der Waals surface area (Å²) >= 11 is 7.62. The number of anilines is 1. The fraction of sp³-hybridized carbons (Fsp3) is 0.538. The molecular weight excluding hydrogens is 530 g/mol. The van der Waals surface area contributed by atoms with Gasteiger partial charge in [-0.25, -0.2) is 9.97 Å². The molecule has 2 amide bonds. The second kappa shape index (κ2) is 11.6. The van der Waals surface area contributed by atoms with Gasteiger partial charge in [-0.15, -0.1) is 0 Å². The van der Waals surface area contributed by atoms with Crippen LogP contribution in [0.4, 0.5) is 5.82 Å². The topological polar surface area (TPSA) is 97.3 Å². The number of piperidine rings is 1. The number of carbonyl (C=O) groups excluding carboxylic acids is 2. The molecule has 4 heterocycles. The van der Waals surface area contributed by atoms with E-state index in [0.717, 1.165) is 0 Å². The normalized spacial score (nSPS) is 21.1. The minimum Gasteiger partial charge on any atom is -0.497 e. The number of piperazine rings is 1. The first-order chi connectivity index (χ1) is 18.4. The maximum atomic E-state index is 13.1. The van der Waals surface area contributed by atoms with Gasteiger partial charge in [0, 0.05) is 63.2 Å². The lowest BCUT2D eigenvalue weighted by Gasteiger charge is -2.40. The number of hydrogen-bond donors (Lipinski definition) is 0. The van der Waals surface area contributed by atoms with Gasteiger partial charge >= 0.3 is 0 Å². The van der Waals surface area contributed by atoms with Crippen molar-refractivity contribution in [2.24, 2.45) is 0 Å². The van der Waals surface area contributed by atoms with E-state index in [1.807, 2.05) is 16.7 Å². The second-order valence-electron chi connectivity index (χ2n) is 9.63. The number of hydrogen-bond acceptors (Lipinski definition) is 9. The molecule has 38 heavy (non-hydrogen) atoms. The molecule has 0 bridgehead atoms. The third-order valence-electron chi connectivity index (χ3n) is 7.23. The molecule has 3 fully saturated rings. The third kappa shape index (κ3) is 6.01. The van der Waals surface area contributed by atoms with E-state index in [2.05, 4.69) is 14.9 Å². The lowest BCUT2D eigenvalue weighted by atomic mass is 10.0. The van der Waals surface area contributed by atoms with E-state index in [4.69, 9.17) is 25.8 Å². The number of thioether (sulfide) groups is 1. The number of amides is 2. The summed E-state index contributed by atoms with van der Waals surface area (Å²) in [7, 11) is 1.60. The number of carbonyl (C=O) groups is 2. The molecule has 1 aromatic carbocycles. The molecule has 1 unspecified atom stereocenters. The second-order valence-corrected chi connectivity index (χ2v) is 11.0. The molecule has 1 atom stereocenters. The van der Waals surface area contributed by atoms with Crippen molar-refractivity contribution in [3.05, 3.63) is 41.0 Å². The van der Waals surface area contributed by atoms with Crippen molar-refractivity contribution in [2.75, 3.05) is 63.7 Å². The molecule has 3 aliphatic heterocycles. The van der Waals surface area contributed by atoms with Gasteiger partial charge in [-0.1, -0.05) is 23.4 Å². The van der Waals surface area contributed by atoms with Crippen LogP contribution in [0, 0.1) is 0 Å². The number of benzene rings is 1. The van der Waals surface area contributed by atoms with Crippen molar-refractivity contribution < 1.29 is 23.8 Å². The van der Waals surface area contributed by atoms with Gasteiger partial charge < -0.3 is 28.9 Å². The molecule has 3 aliphatic rings. The van der Waals surface area contributed by atoms with Crippen molar-refractivity contribution in [3.8, 4) is 5.75 Å². The summed E-state index contributed by atoms with van der Waals surface area (Å²) < 4.78 is 16.7. The maximum Gasteiger partial charge on any atom is 0.254 e. The first-order valence-electron chi connectivity index (χ1n) is 12.8. The Morgan fingerprint density at radius 2 is 1.82 bits per heavy atom. The highest BCUT2D eigenvalue weighted by molar-refractivity contribution is 7.99. The Kier molecular flexibility index (Phi) is 8.27. The predicted molar refractivity (Wildman–Crippen MR) is 144 cm³/mol. The molecule has 0 aliphatic carbocycles. The summed E-state index contributed by atoms with van der Waals surface area (Å²) in [6.07, 6.45) is 1.37. The standard InChI is InChI=1S/C26H32ClN5O5S/c1-18-16-31(11-12-32(18)24(34)19-3-5-20(35-2)6-4-19)22-15-21(27)28-25(29-22)38-17-23(33)30-9-7-26(8-10-30)36-13-14-37-26/h3-6,15,18H,7-14,16-17H2,1-2H3. The van der Waals surface area contributed by atoms with Gasteiger partial charge in [0.15, 0.2) is 10.9 Å².